The molecular formula is C32H54N2O7Si2. The van der Waals surface area contributed by atoms with E-state index in [9.17, 15) is 19.5 Å². The summed E-state index contributed by atoms with van der Waals surface area (Å²) >= 11 is 0. The van der Waals surface area contributed by atoms with Crippen LogP contribution in [-0.4, -0.2) is 87.0 Å². The molecule has 1 N–H and O–H groups in total. The predicted octanol–water partition coefficient (Wildman–Crippen LogP) is 6.70. The molecule has 43 heavy (non-hydrogen) atoms. The first-order valence-corrected chi connectivity index (χ1v) is 21.2. The van der Waals surface area contributed by atoms with Crippen molar-refractivity contribution in [2.45, 2.75) is 129 Å². The van der Waals surface area contributed by atoms with Crippen molar-refractivity contribution in [3.05, 3.63) is 35.6 Å². The number of β-lactam (4-membered cyclic amide) rings is 1. The number of likely N-dealkylation sites (tertiary alicyclic amines) is 1. The summed E-state index contributed by atoms with van der Waals surface area (Å²) in [6, 6.07) is -0.598. The maximum atomic E-state index is 13.4. The molecule has 0 saturated carbocycles. The highest BCUT2D eigenvalue weighted by Gasteiger charge is 2.58. The monoisotopic (exact) mass is 634 g/mol. The third-order valence-electron chi connectivity index (χ3n) is 10.3. The van der Waals surface area contributed by atoms with Gasteiger partial charge >= 0.3 is 12.1 Å². The second kappa shape index (κ2) is 12.3. The van der Waals surface area contributed by atoms with Gasteiger partial charge in [0.15, 0.2) is 16.6 Å². The number of carbonyl (C=O) groups excluding carboxylic acids is 2. The fourth-order valence-electron chi connectivity index (χ4n) is 5.80. The Morgan fingerprint density at radius 1 is 1.09 bits per heavy atom. The molecule has 5 atom stereocenters. The van der Waals surface area contributed by atoms with E-state index in [1.165, 1.54) is 11.0 Å². The molecule has 0 unspecified atom stereocenters. The minimum atomic E-state index is -2.13. The number of carboxylic acids is 1. The molecule has 0 aromatic heterocycles. The Morgan fingerprint density at radius 2 is 1.67 bits per heavy atom. The Labute approximate surface area is 260 Å². The van der Waals surface area contributed by atoms with E-state index in [-0.39, 0.29) is 52.6 Å². The molecule has 0 bridgehead atoms. The maximum Gasteiger partial charge on any atom is 0.410 e. The van der Waals surface area contributed by atoms with Crippen LogP contribution in [0.1, 0.15) is 68.2 Å². The summed E-state index contributed by atoms with van der Waals surface area (Å²) in [5, 5.41) is 10.2. The lowest BCUT2D eigenvalue weighted by molar-refractivity contribution is -0.160. The molecule has 3 heterocycles. The van der Waals surface area contributed by atoms with Gasteiger partial charge in [0.1, 0.15) is 12.3 Å². The zero-order valence-corrected chi connectivity index (χ0v) is 30.4. The van der Waals surface area contributed by atoms with Crippen LogP contribution < -0.4 is 0 Å². The minimum Gasteiger partial charge on any atom is -0.477 e. The summed E-state index contributed by atoms with van der Waals surface area (Å²) in [6.07, 6.45) is 3.56. The van der Waals surface area contributed by atoms with E-state index in [1.807, 2.05) is 19.9 Å². The predicted molar refractivity (Wildman–Crippen MR) is 174 cm³/mol. The van der Waals surface area contributed by atoms with Crippen LogP contribution in [0.5, 0.6) is 0 Å². The van der Waals surface area contributed by atoms with E-state index >= 15 is 0 Å². The molecule has 2 fully saturated rings. The van der Waals surface area contributed by atoms with Crippen LogP contribution in [0.3, 0.4) is 0 Å². The molecule has 2 saturated heterocycles. The van der Waals surface area contributed by atoms with Crippen LogP contribution in [0.2, 0.25) is 36.3 Å². The molecule has 3 aliphatic heterocycles. The Bertz CT molecular complexity index is 1190. The number of carbonyl (C=O) groups is 3. The normalized spacial score (nSPS) is 26.0. The van der Waals surface area contributed by atoms with Crippen LogP contribution in [0.15, 0.2) is 35.6 Å². The second-order valence-electron chi connectivity index (χ2n) is 15.4. The van der Waals surface area contributed by atoms with Gasteiger partial charge in [0.05, 0.1) is 30.2 Å². The van der Waals surface area contributed by atoms with Gasteiger partial charge in [0.25, 0.3) is 0 Å². The van der Waals surface area contributed by atoms with E-state index in [0.717, 1.165) is 5.57 Å². The number of allylic oxidation sites excluding steroid dienone is 1. The number of rotatable bonds is 10. The molecule has 242 valence electrons. The molecule has 0 aromatic carbocycles. The highest BCUT2D eigenvalue weighted by atomic mass is 28.4. The van der Waals surface area contributed by atoms with Gasteiger partial charge in [-0.1, -0.05) is 60.3 Å². The lowest BCUT2D eigenvalue weighted by Gasteiger charge is -2.48. The molecule has 11 heteroatoms. The third-order valence-corrected chi connectivity index (χ3v) is 19.4. The lowest BCUT2D eigenvalue weighted by Crippen LogP contribution is -2.63. The zero-order valence-electron chi connectivity index (χ0n) is 28.4. The first-order chi connectivity index (χ1) is 19.5. The number of hydrogen-bond donors (Lipinski definition) is 1. The number of fused-ring (bicyclic) bond motifs is 1. The summed E-state index contributed by atoms with van der Waals surface area (Å²) in [5.41, 5.74) is 1.41. The number of aliphatic carboxylic acids is 1. The van der Waals surface area contributed by atoms with Crippen molar-refractivity contribution >= 4 is 34.6 Å². The fourth-order valence-corrected chi connectivity index (χ4v) is 8.58. The van der Waals surface area contributed by atoms with Crippen molar-refractivity contribution in [3.63, 3.8) is 0 Å². The molecule has 9 nitrogen and oxygen atoms in total. The zero-order chi connectivity index (χ0) is 32.9. The number of amides is 2. The first-order valence-electron chi connectivity index (χ1n) is 15.4. The van der Waals surface area contributed by atoms with E-state index < -0.39 is 34.6 Å². The van der Waals surface area contributed by atoms with Gasteiger partial charge in [-0.25, -0.2) is 9.59 Å². The van der Waals surface area contributed by atoms with Crippen LogP contribution in [0.25, 0.3) is 0 Å². The topological polar surface area (TPSA) is 106 Å². The van der Waals surface area contributed by atoms with E-state index in [0.29, 0.717) is 25.0 Å². The van der Waals surface area contributed by atoms with Crippen LogP contribution in [-0.2, 0) is 23.2 Å². The van der Waals surface area contributed by atoms with Crippen molar-refractivity contribution in [3.8, 4) is 0 Å². The number of nitrogens with zero attached hydrogens (tertiary/aromatic N) is 2. The fraction of sp³-hybridized carbons (Fsp3) is 0.719. The molecule has 3 aliphatic rings. The average Bonchev–Trinajstić information content (AvgIpc) is 3.39. The van der Waals surface area contributed by atoms with Gasteiger partial charge in [-0.15, -0.1) is 0 Å². The molecule has 0 aliphatic carbocycles. The highest BCUT2D eigenvalue weighted by molar-refractivity contribution is 6.74. The molecular weight excluding hydrogens is 581 g/mol. The van der Waals surface area contributed by atoms with Crippen molar-refractivity contribution in [1.82, 2.24) is 9.80 Å². The van der Waals surface area contributed by atoms with Crippen LogP contribution in [0.4, 0.5) is 4.79 Å². The maximum absolute atomic E-state index is 13.4. The number of ether oxygens (including phenoxy) is 1. The summed E-state index contributed by atoms with van der Waals surface area (Å²) in [6.45, 7) is 29.7. The van der Waals surface area contributed by atoms with E-state index in [2.05, 4.69) is 74.3 Å². The van der Waals surface area contributed by atoms with Gasteiger partial charge in [-0.3, -0.25) is 9.69 Å². The molecule has 0 spiro atoms. The van der Waals surface area contributed by atoms with Crippen molar-refractivity contribution in [2.75, 3.05) is 13.2 Å². The van der Waals surface area contributed by atoms with E-state index in [1.54, 1.807) is 4.90 Å². The van der Waals surface area contributed by atoms with Gasteiger partial charge in [-0.05, 0) is 74.1 Å². The van der Waals surface area contributed by atoms with Gasteiger partial charge in [0.2, 0.25) is 5.91 Å². The summed E-state index contributed by atoms with van der Waals surface area (Å²) in [5.74, 6) is -1.72. The lowest BCUT2D eigenvalue weighted by atomic mass is 9.82. The molecule has 0 aromatic rings. The quantitative estimate of drug-likeness (QED) is 0.162. The summed E-state index contributed by atoms with van der Waals surface area (Å²) in [4.78, 5) is 42.1. The summed E-state index contributed by atoms with van der Waals surface area (Å²) < 4.78 is 18.6. The van der Waals surface area contributed by atoms with Gasteiger partial charge in [0, 0.05) is 6.54 Å². The molecule has 0 radical (unpaired) electrons. The second-order valence-corrected chi connectivity index (χ2v) is 24.9. The minimum absolute atomic E-state index is 0.00941. The highest BCUT2D eigenvalue weighted by Crippen LogP contribution is 2.48. The smallest absolute Gasteiger partial charge is 0.410 e. The Morgan fingerprint density at radius 3 is 2.19 bits per heavy atom. The SMILES string of the molecule is C=CCOC(=O)N1C[C@H](O[Si](C)(C)C(C)(C)C)C[C@H]1C=C(C)C1=C(C(=O)O)N2C(=O)[C@H]([C@@H](C)O[Si](C)(C)C(C)(C)C)[C@H]2C1. The van der Waals surface area contributed by atoms with Crippen LogP contribution >= 0.6 is 0 Å². The standard InChI is InChI=1S/C32H54N2O7Si2/c1-14-15-39-30(38)33-19-23(41-43(12,13)32(7,8)9)17-22(33)16-20(2)24-18-25-26(28(35)34(25)27(24)29(36)37)21(3)40-42(10,11)31(4,5)6/h14,16,21-23,25-26H,1,15,17-19H2,2-13H3,(H,36,37)/t21-,22-,23-,25-,26-/m1/s1. The number of hydrogen-bond acceptors (Lipinski definition) is 6. The van der Waals surface area contributed by atoms with Crippen LogP contribution in [0, 0.1) is 5.92 Å². The average molecular weight is 635 g/mol. The van der Waals surface area contributed by atoms with Crippen molar-refractivity contribution in [1.29, 1.82) is 0 Å². The summed E-state index contributed by atoms with van der Waals surface area (Å²) in [7, 11) is -4.23. The first kappa shape index (κ1) is 35.3. The Kier molecular flexibility index (Phi) is 10.1. The Balaban J connectivity index is 1.88. The molecule has 2 amide bonds. The van der Waals surface area contributed by atoms with E-state index in [4.69, 9.17) is 13.6 Å². The third kappa shape index (κ3) is 7.05. The Hall–Kier alpha value is -2.22. The van der Waals surface area contributed by atoms with Gasteiger partial charge in [-0.2, -0.15) is 0 Å². The molecule has 3 rings (SSSR count). The van der Waals surface area contributed by atoms with Crippen molar-refractivity contribution < 1.29 is 33.1 Å². The largest absolute Gasteiger partial charge is 0.477 e. The van der Waals surface area contributed by atoms with Gasteiger partial charge < -0.3 is 23.6 Å². The number of carboxylic acid groups (broad SMARTS) is 1. The van der Waals surface area contributed by atoms with Crippen molar-refractivity contribution in [2.24, 2.45) is 5.92 Å².